The molecule has 0 radical (unpaired) electrons. The molecule has 1 aromatic heterocycles. The van der Waals surface area contributed by atoms with Gasteiger partial charge in [0, 0.05) is 24.1 Å². The SMILES string of the molecule is Cc1ccc(NC(=O)CCc2nc(-c3ccc(F)cc3)no2)cc1S(=O)(=O)Nc1ccccc1F. The van der Waals surface area contributed by atoms with E-state index in [2.05, 4.69) is 20.2 Å². The summed E-state index contributed by atoms with van der Waals surface area (Å²) in [6.07, 6.45) is 0.139. The third-order valence-corrected chi connectivity index (χ3v) is 6.52. The van der Waals surface area contributed by atoms with E-state index in [0.29, 0.717) is 11.1 Å². The van der Waals surface area contributed by atoms with E-state index < -0.39 is 21.7 Å². The standard InChI is InChI=1S/C24H20F2N4O4S/c1-15-6-11-18(14-21(15)35(32,33)30-20-5-3-2-4-19(20)26)27-22(31)12-13-23-28-24(29-34-23)16-7-9-17(25)10-8-16/h2-11,14,30H,12-13H2,1H3,(H,27,31). The first kappa shape index (κ1) is 24.0. The average Bonchev–Trinajstić information content (AvgIpc) is 3.30. The maximum Gasteiger partial charge on any atom is 0.262 e. The summed E-state index contributed by atoms with van der Waals surface area (Å²) in [5.74, 6) is -0.997. The van der Waals surface area contributed by atoms with E-state index in [1.807, 2.05) is 0 Å². The Hall–Kier alpha value is -4.12. The lowest BCUT2D eigenvalue weighted by Gasteiger charge is -2.13. The first-order valence-corrected chi connectivity index (χ1v) is 12.0. The summed E-state index contributed by atoms with van der Waals surface area (Å²) in [7, 11) is -4.10. The number of carbonyl (C=O) groups is 1. The third-order valence-electron chi connectivity index (χ3n) is 5.02. The van der Waals surface area contributed by atoms with Crippen molar-refractivity contribution in [2.24, 2.45) is 0 Å². The lowest BCUT2D eigenvalue weighted by molar-refractivity contribution is -0.116. The Balaban J connectivity index is 1.41. The van der Waals surface area contributed by atoms with Gasteiger partial charge in [0.25, 0.3) is 10.0 Å². The minimum absolute atomic E-state index is 0.00547. The number of amides is 1. The minimum atomic E-state index is -4.10. The zero-order valence-electron chi connectivity index (χ0n) is 18.5. The zero-order chi connectivity index (χ0) is 25.0. The number of carbonyl (C=O) groups excluding carboxylic acids is 1. The van der Waals surface area contributed by atoms with Crippen LogP contribution >= 0.6 is 0 Å². The van der Waals surface area contributed by atoms with Gasteiger partial charge in [0.05, 0.1) is 10.6 Å². The van der Waals surface area contributed by atoms with Crippen molar-refractivity contribution in [1.29, 1.82) is 0 Å². The number of nitrogens with one attached hydrogen (secondary N) is 2. The Morgan fingerprint density at radius 3 is 2.51 bits per heavy atom. The molecule has 180 valence electrons. The highest BCUT2D eigenvalue weighted by Gasteiger charge is 2.20. The maximum atomic E-state index is 13.9. The molecular formula is C24H20F2N4O4S. The molecule has 1 amide bonds. The summed E-state index contributed by atoms with van der Waals surface area (Å²) < 4.78 is 60.0. The molecule has 11 heteroatoms. The highest BCUT2D eigenvalue weighted by atomic mass is 32.2. The Morgan fingerprint density at radius 1 is 1.03 bits per heavy atom. The number of benzene rings is 3. The van der Waals surface area contributed by atoms with Gasteiger partial charge >= 0.3 is 0 Å². The molecule has 8 nitrogen and oxygen atoms in total. The number of rotatable bonds is 8. The number of aromatic nitrogens is 2. The Labute approximate surface area is 200 Å². The predicted octanol–water partition coefficient (Wildman–Crippen LogP) is 4.70. The van der Waals surface area contributed by atoms with Crippen LogP contribution in [0.3, 0.4) is 0 Å². The molecule has 2 N–H and O–H groups in total. The van der Waals surface area contributed by atoms with E-state index in [1.54, 1.807) is 19.1 Å². The van der Waals surface area contributed by atoms with Gasteiger partial charge in [-0.2, -0.15) is 4.98 Å². The second kappa shape index (κ2) is 10.0. The van der Waals surface area contributed by atoms with E-state index in [4.69, 9.17) is 4.52 Å². The molecule has 0 aliphatic rings. The second-order valence-electron chi connectivity index (χ2n) is 7.63. The number of para-hydroxylation sites is 1. The number of halogens is 2. The number of aryl methyl sites for hydroxylation is 2. The number of anilines is 2. The number of sulfonamides is 1. The second-order valence-corrected chi connectivity index (χ2v) is 9.28. The maximum absolute atomic E-state index is 13.9. The Kier molecular flexibility index (Phi) is 6.87. The van der Waals surface area contributed by atoms with E-state index in [0.717, 1.165) is 6.07 Å². The van der Waals surface area contributed by atoms with Crippen molar-refractivity contribution >= 4 is 27.3 Å². The van der Waals surface area contributed by atoms with Crippen LogP contribution in [-0.2, 0) is 21.2 Å². The molecule has 0 aliphatic carbocycles. The third kappa shape index (κ3) is 5.87. The molecule has 35 heavy (non-hydrogen) atoms. The number of nitrogens with zero attached hydrogens (tertiary/aromatic N) is 2. The van der Waals surface area contributed by atoms with Gasteiger partial charge in [-0.05, 0) is 61.0 Å². The van der Waals surface area contributed by atoms with Gasteiger partial charge in [0.2, 0.25) is 17.6 Å². The van der Waals surface area contributed by atoms with Crippen LogP contribution in [0.1, 0.15) is 17.9 Å². The molecule has 0 spiro atoms. The predicted molar refractivity (Wildman–Crippen MR) is 125 cm³/mol. The summed E-state index contributed by atoms with van der Waals surface area (Å²) >= 11 is 0. The fourth-order valence-electron chi connectivity index (χ4n) is 3.23. The van der Waals surface area contributed by atoms with Crippen molar-refractivity contribution in [3.05, 3.63) is 89.8 Å². The van der Waals surface area contributed by atoms with Gasteiger partial charge in [-0.25, -0.2) is 17.2 Å². The summed E-state index contributed by atoms with van der Waals surface area (Å²) in [5, 5.41) is 6.46. The average molecular weight is 499 g/mol. The summed E-state index contributed by atoms with van der Waals surface area (Å²) in [6.45, 7) is 1.59. The first-order chi connectivity index (χ1) is 16.7. The monoisotopic (exact) mass is 498 g/mol. The molecule has 0 aliphatic heterocycles. The summed E-state index contributed by atoms with van der Waals surface area (Å²) in [5.41, 5.74) is 1.07. The fourth-order valence-corrected chi connectivity index (χ4v) is 4.57. The molecule has 0 bridgehead atoms. The van der Waals surface area contributed by atoms with Crippen LogP contribution in [0.2, 0.25) is 0 Å². The molecule has 4 rings (SSSR count). The Bertz CT molecular complexity index is 1470. The largest absolute Gasteiger partial charge is 0.339 e. The van der Waals surface area contributed by atoms with E-state index in [9.17, 15) is 22.0 Å². The lowest BCUT2D eigenvalue weighted by atomic mass is 10.2. The van der Waals surface area contributed by atoms with Crippen LogP contribution in [0, 0.1) is 18.6 Å². The summed E-state index contributed by atoms with van der Waals surface area (Å²) in [4.78, 5) is 16.5. The number of hydrogen-bond donors (Lipinski definition) is 2. The molecule has 0 unspecified atom stereocenters. The van der Waals surface area contributed by atoms with Crippen molar-refractivity contribution in [2.45, 2.75) is 24.7 Å². The highest BCUT2D eigenvalue weighted by Crippen LogP contribution is 2.24. The molecule has 0 saturated heterocycles. The van der Waals surface area contributed by atoms with Crippen molar-refractivity contribution in [2.75, 3.05) is 10.0 Å². The molecule has 0 fully saturated rings. The van der Waals surface area contributed by atoms with Gasteiger partial charge in [0.1, 0.15) is 11.6 Å². The molecule has 4 aromatic rings. The molecule has 3 aromatic carbocycles. The van der Waals surface area contributed by atoms with Gasteiger partial charge in [-0.3, -0.25) is 9.52 Å². The van der Waals surface area contributed by atoms with E-state index >= 15 is 0 Å². The topological polar surface area (TPSA) is 114 Å². The fraction of sp³-hybridized carbons (Fsp3) is 0.125. The minimum Gasteiger partial charge on any atom is -0.339 e. The van der Waals surface area contributed by atoms with Crippen molar-refractivity contribution < 1.29 is 26.5 Å². The highest BCUT2D eigenvalue weighted by molar-refractivity contribution is 7.92. The van der Waals surface area contributed by atoms with Crippen LogP contribution in [0.15, 0.2) is 76.1 Å². The number of hydrogen-bond acceptors (Lipinski definition) is 6. The van der Waals surface area contributed by atoms with E-state index in [1.165, 1.54) is 48.5 Å². The molecular weight excluding hydrogens is 478 g/mol. The van der Waals surface area contributed by atoms with Crippen LogP contribution in [-0.4, -0.2) is 24.5 Å². The van der Waals surface area contributed by atoms with Crippen molar-refractivity contribution in [3.8, 4) is 11.4 Å². The van der Waals surface area contributed by atoms with E-state index in [-0.39, 0.29) is 46.6 Å². The lowest BCUT2D eigenvalue weighted by Crippen LogP contribution is -2.17. The Morgan fingerprint density at radius 2 is 1.77 bits per heavy atom. The normalized spacial score (nSPS) is 11.3. The van der Waals surface area contributed by atoms with Gasteiger partial charge < -0.3 is 9.84 Å². The van der Waals surface area contributed by atoms with Gasteiger partial charge in [-0.15, -0.1) is 0 Å². The van der Waals surface area contributed by atoms with Crippen LogP contribution < -0.4 is 10.0 Å². The first-order valence-electron chi connectivity index (χ1n) is 10.5. The van der Waals surface area contributed by atoms with Crippen molar-refractivity contribution in [1.82, 2.24) is 10.1 Å². The zero-order valence-corrected chi connectivity index (χ0v) is 19.3. The molecule has 0 saturated carbocycles. The quantitative estimate of drug-likeness (QED) is 0.364. The van der Waals surface area contributed by atoms with Crippen LogP contribution in [0.5, 0.6) is 0 Å². The molecule has 1 heterocycles. The summed E-state index contributed by atoms with van der Waals surface area (Å²) in [6, 6.07) is 15.4. The van der Waals surface area contributed by atoms with Gasteiger partial charge in [-0.1, -0.05) is 23.4 Å². The molecule has 0 atom stereocenters. The van der Waals surface area contributed by atoms with Crippen LogP contribution in [0.4, 0.5) is 20.2 Å². The van der Waals surface area contributed by atoms with Gasteiger partial charge in [0.15, 0.2) is 0 Å². The smallest absolute Gasteiger partial charge is 0.262 e. The van der Waals surface area contributed by atoms with Crippen LogP contribution in [0.25, 0.3) is 11.4 Å². The van der Waals surface area contributed by atoms with Crippen molar-refractivity contribution in [3.63, 3.8) is 0 Å².